The molecule has 90 valence electrons. The van der Waals surface area contributed by atoms with Crippen LogP contribution < -0.4 is 5.32 Å². The van der Waals surface area contributed by atoms with E-state index in [1.54, 1.807) is 18.1 Å². The van der Waals surface area contributed by atoms with Gasteiger partial charge in [-0.2, -0.15) is 0 Å². The van der Waals surface area contributed by atoms with Crippen LogP contribution in [0.2, 0.25) is 5.02 Å². The van der Waals surface area contributed by atoms with Gasteiger partial charge in [0.25, 0.3) is 0 Å². The summed E-state index contributed by atoms with van der Waals surface area (Å²) in [5.74, 6) is 0. The monoisotopic (exact) mass is 268 g/mol. The maximum atomic E-state index is 6.02. The van der Waals surface area contributed by atoms with Crippen LogP contribution in [0.5, 0.6) is 0 Å². The number of rotatable bonds is 4. The molecule has 2 rings (SSSR count). The molecule has 0 radical (unpaired) electrons. The Morgan fingerprint density at radius 3 is 2.94 bits per heavy atom. The van der Waals surface area contributed by atoms with Crippen LogP contribution in [0.15, 0.2) is 34.6 Å². The molecule has 0 aliphatic heterocycles. The van der Waals surface area contributed by atoms with Crippen LogP contribution in [-0.4, -0.2) is 21.8 Å². The molecular weight excluding hydrogens is 256 g/mol. The van der Waals surface area contributed by atoms with Gasteiger partial charge < -0.3 is 9.88 Å². The summed E-state index contributed by atoms with van der Waals surface area (Å²) in [7, 11) is 3.84. The van der Waals surface area contributed by atoms with Crippen LogP contribution in [0.1, 0.15) is 5.56 Å². The predicted molar refractivity (Wildman–Crippen MR) is 69.3 cm³/mol. The Morgan fingerprint density at radius 2 is 2.29 bits per heavy atom. The lowest BCUT2D eigenvalue weighted by molar-refractivity contribution is 0.782. The lowest BCUT2D eigenvalue weighted by Gasteiger charge is -2.08. The second kappa shape index (κ2) is 5.53. The molecule has 0 saturated carbocycles. The summed E-state index contributed by atoms with van der Waals surface area (Å²) in [5.41, 5.74) is 1.20. The summed E-state index contributed by atoms with van der Waals surface area (Å²) >= 11 is 7.59. The van der Waals surface area contributed by atoms with Crippen LogP contribution in [0.4, 0.5) is 0 Å². The third-order valence-corrected chi connectivity index (χ3v) is 3.65. The van der Waals surface area contributed by atoms with Gasteiger partial charge in [0.2, 0.25) is 0 Å². The average Bonchev–Trinajstić information content (AvgIpc) is 2.69. The molecule has 17 heavy (non-hydrogen) atoms. The van der Waals surface area contributed by atoms with Crippen LogP contribution in [0.25, 0.3) is 0 Å². The first-order valence-corrected chi connectivity index (χ1v) is 6.35. The van der Waals surface area contributed by atoms with Gasteiger partial charge in [0.1, 0.15) is 6.33 Å². The average molecular weight is 269 g/mol. The normalized spacial score (nSPS) is 10.8. The largest absolute Gasteiger partial charge is 0.316 e. The lowest BCUT2D eigenvalue weighted by Crippen LogP contribution is -2.06. The van der Waals surface area contributed by atoms with Gasteiger partial charge in [0, 0.05) is 23.5 Å². The van der Waals surface area contributed by atoms with Crippen LogP contribution in [0.3, 0.4) is 0 Å². The van der Waals surface area contributed by atoms with Crippen molar-refractivity contribution in [2.75, 3.05) is 7.05 Å². The first-order chi connectivity index (χ1) is 8.20. The molecule has 0 atom stereocenters. The Hall–Kier alpha value is -1.04. The standard InChI is InChI=1S/C11H13ClN4S/c1-13-6-8-3-4-9(12)5-10(8)17-11-15-14-7-16(11)2/h3-5,7,13H,6H2,1-2H3. The molecule has 0 unspecified atom stereocenters. The molecule has 6 heteroatoms. The number of benzene rings is 1. The number of nitrogens with zero attached hydrogens (tertiary/aromatic N) is 3. The zero-order chi connectivity index (χ0) is 12.3. The Bertz CT molecular complexity index is 512. The van der Waals surface area contributed by atoms with E-state index in [0.717, 1.165) is 21.6 Å². The molecule has 0 aliphatic rings. The van der Waals surface area contributed by atoms with E-state index in [2.05, 4.69) is 15.5 Å². The number of nitrogens with one attached hydrogen (secondary N) is 1. The highest BCUT2D eigenvalue weighted by Gasteiger charge is 2.08. The zero-order valence-corrected chi connectivity index (χ0v) is 11.2. The molecular formula is C11H13ClN4S. The minimum Gasteiger partial charge on any atom is -0.316 e. The van der Waals surface area contributed by atoms with Crippen molar-refractivity contribution in [3.8, 4) is 0 Å². The summed E-state index contributed by atoms with van der Waals surface area (Å²) < 4.78 is 1.88. The van der Waals surface area contributed by atoms with E-state index in [0.29, 0.717) is 0 Å². The van der Waals surface area contributed by atoms with Gasteiger partial charge in [-0.1, -0.05) is 17.7 Å². The number of halogens is 1. The van der Waals surface area contributed by atoms with Crippen molar-refractivity contribution in [3.05, 3.63) is 35.1 Å². The zero-order valence-electron chi connectivity index (χ0n) is 9.64. The van der Waals surface area contributed by atoms with Gasteiger partial charge in [-0.3, -0.25) is 0 Å². The van der Waals surface area contributed by atoms with Gasteiger partial charge in [0.15, 0.2) is 5.16 Å². The van der Waals surface area contributed by atoms with E-state index in [4.69, 9.17) is 11.6 Å². The lowest BCUT2D eigenvalue weighted by atomic mass is 10.2. The molecule has 0 amide bonds. The number of hydrogen-bond acceptors (Lipinski definition) is 4. The van der Waals surface area contributed by atoms with Gasteiger partial charge in [0.05, 0.1) is 0 Å². The number of aromatic nitrogens is 3. The molecule has 0 aliphatic carbocycles. The highest BCUT2D eigenvalue weighted by Crippen LogP contribution is 2.30. The van der Waals surface area contributed by atoms with E-state index < -0.39 is 0 Å². The highest BCUT2D eigenvalue weighted by atomic mass is 35.5. The number of hydrogen-bond donors (Lipinski definition) is 1. The Kier molecular flexibility index (Phi) is 4.04. The smallest absolute Gasteiger partial charge is 0.195 e. The maximum Gasteiger partial charge on any atom is 0.195 e. The molecule has 4 nitrogen and oxygen atoms in total. The van der Waals surface area contributed by atoms with Gasteiger partial charge >= 0.3 is 0 Å². The van der Waals surface area contributed by atoms with Gasteiger partial charge in [-0.15, -0.1) is 10.2 Å². The van der Waals surface area contributed by atoms with Crippen molar-refractivity contribution >= 4 is 23.4 Å². The number of aryl methyl sites for hydroxylation is 1. The summed E-state index contributed by atoms with van der Waals surface area (Å²) in [4.78, 5) is 1.10. The van der Waals surface area contributed by atoms with Crippen LogP contribution >= 0.6 is 23.4 Å². The van der Waals surface area contributed by atoms with E-state index >= 15 is 0 Å². The molecule has 0 bridgehead atoms. The molecule has 1 N–H and O–H groups in total. The minimum atomic E-state index is 0.731. The first-order valence-electron chi connectivity index (χ1n) is 5.15. The molecule has 0 fully saturated rings. The van der Waals surface area contributed by atoms with Crippen molar-refractivity contribution in [2.45, 2.75) is 16.6 Å². The van der Waals surface area contributed by atoms with Gasteiger partial charge in [-0.05, 0) is 36.5 Å². The molecule has 0 saturated heterocycles. The molecule has 0 spiro atoms. The van der Waals surface area contributed by atoms with Crippen molar-refractivity contribution in [1.29, 1.82) is 0 Å². The van der Waals surface area contributed by atoms with Crippen LogP contribution in [0, 0.1) is 0 Å². The first kappa shape index (κ1) is 12.4. The van der Waals surface area contributed by atoms with Crippen molar-refractivity contribution in [1.82, 2.24) is 20.1 Å². The topological polar surface area (TPSA) is 42.7 Å². The van der Waals surface area contributed by atoms with E-state index in [-0.39, 0.29) is 0 Å². The fourth-order valence-corrected chi connectivity index (χ4v) is 2.59. The van der Waals surface area contributed by atoms with Crippen molar-refractivity contribution in [2.24, 2.45) is 7.05 Å². The second-order valence-corrected chi connectivity index (χ2v) is 5.05. The third kappa shape index (κ3) is 3.00. The predicted octanol–water partition coefficient (Wildman–Crippen LogP) is 2.34. The molecule has 1 heterocycles. The highest BCUT2D eigenvalue weighted by molar-refractivity contribution is 7.99. The second-order valence-electron chi connectivity index (χ2n) is 3.61. The Labute approximate surface area is 109 Å². The molecule has 1 aromatic heterocycles. The fourth-order valence-electron chi connectivity index (χ4n) is 1.42. The summed E-state index contributed by atoms with van der Waals surface area (Å²) in [6.07, 6.45) is 1.69. The Morgan fingerprint density at radius 1 is 1.47 bits per heavy atom. The minimum absolute atomic E-state index is 0.731. The summed E-state index contributed by atoms with van der Waals surface area (Å²) in [6.45, 7) is 0.803. The van der Waals surface area contributed by atoms with Crippen LogP contribution in [-0.2, 0) is 13.6 Å². The van der Waals surface area contributed by atoms with Crippen molar-refractivity contribution < 1.29 is 0 Å². The summed E-state index contributed by atoms with van der Waals surface area (Å²) in [6, 6.07) is 5.88. The quantitative estimate of drug-likeness (QED) is 0.924. The van der Waals surface area contributed by atoms with Gasteiger partial charge in [-0.25, -0.2) is 0 Å². The van der Waals surface area contributed by atoms with E-state index in [1.165, 1.54) is 5.56 Å². The fraction of sp³-hybridized carbons (Fsp3) is 0.273. The van der Waals surface area contributed by atoms with E-state index in [9.17, 15) is 0 Å². The van der Waals surface area contributed by atoms with Crippen molar-refractivity contribution in [3.63, 3.8) is 0 Å². The molecule has 2 aromatic rings. The molecule has 1 aromatic carbocycles. The SMILES string of the molecule is CNCc1ccc(Cl)cc1Sc1nncn1C. The van der Waals surface area contributed by atoms with E-state index in [1.807, 2.05) is 36.9 Å². The third-order valence-electron chi connectivity index (χ3n) is 2.27. The maximum absolute atomic E-state index is 6.02. The summed E-state index contributed by atoms with van der Waals surface area (Å²) in [5, 5.41) is 12.6. The Balaban J connectivity index is 2.30.